The first-order valence-corrected chi connectivity index (χ1v) is 10.9. The third kappa shape index (κ3) is 6.68. The topological polar surface area (TPSA) is 58.1 Å². The Bertz CT molecular complexity index is 882. The lowest BCUT2D eigenvalue weighted by atomic mass is 10.1. The summed E-state index contributed by atoms with van der Waals surface area (Å²) >= 11 is 1.40. The monoisotopic (exact) mass is 408 g/mol. The SMILES string of the molecule is CCC(C)NC(=O)CCN(Cc1ccccc1)c1nc(Cc2ccccc2)ns1. The van der Waals surface area contributed by atoms with Crippen molar-refractivity contribution in [3.8, 4) is 0 Å². The molecule has 0 aliphatic heterocycles. The number of nitrogens with zero attached hydrogens (tertiary/aromatic N) is 3. The molecule has 1 unspecified atom stereocenters. The number of hydrogen-bond donors (Lipinski definition) is 1. The van der Waals surface area contributed by atoms with Crippen molar-refractivity contribution in [2.45, 2.75) is 45.7 Å². The number of carbonyl (C=O) groups is 1. The van der Waals surface area contributed by atoms with E-state index in [0.717, 1.165) is 17.4 Å². The second-order valence-corrected chi connectivity index (χ2v) is 7.92. The maximum Gasteiger partial charge on any atom is 0.221 e. The summed E-state index contributed by atoms with van der Waals surface area (Å²) in [6, 6.07) is 20.7. The van der Waals surface area contributed by atoms with Crippen LogP contribution in [0.4, 0.5) is 5.13 Å². The van der Waals surface area contributed by atoms with Crippen molar-refractivity contribution < 1.29 is 4.79 Å². The Morgan fingerprint density at radius 1 is 1.07 bits per heavy atom. The van der Waals surface area contributed by atoms with Gasteiger partial charge in [0.25, 0.3) is 0 Å². The van der Waals surface area contributed by atoms with Crippen molar-refractivity contribution in [2.24, 2.45) is 0 Å². The summed E-state index contributed by atoms with van der Waals surface area (Å²) in [6.07, 6.45) is 2.08. The van der Waals surface area contributed by atoms with Crippen molar-refractivity contribution >= 4 is 22.6 Å². The molecule has 6 heteroatoms. The molecule has 1 aromatic heterocycles. The molecule has 3 rings (SSSR count). The minimum atomic E-state index is 0.0754. The van der Waals surface area contributed by atoms with Crippen LogP contribution in [0.5, 0.6) is 0 Å². The van der Waals surface area contributed by atoms with Crippen LogP contribution in [0.15, 0.2) is 60.7 Å². The number of benzene rings is 2. The summed E-state index contributed by atoms with van der Waals surface area (Å²) in [5.41, 5.74) is 2.38. The van der Waals surface area contributed by atoms with Crippen LogP contribution in [0, 0.1) is 0 Å². The lowest BCUT2D eigenvalue weighted by Gasteiger charge is -2.22. The van der Waals surface area contributed by atoms with Gasteiger partial charge in [0.1, 0.15) is 5.82 Å². The zero-order valence-electron chi connectivity index (χ0n) is 17.0. The van der Waals surface area contributed by atoms with E-state index >= 15 is 0 Å². The molecule has 5 nitrogen and oxygen atoms in total. The van der Waals surface area contributed by atoms with Gasteiger partial charge in [0, 0.05) is 43.5 Å². The van der Waals surface area contributed by atoms with Crippen molar-refractivity contribution in [3.63, 3.8) is 0 Å². The van der Waals surface area contributed by atoms with Crippen molar-refractivity contribution in [2.75, 3.05) is 11.4 Å². The standard InChI is InChI=1S/C23H28N4OS/c1-3-18(2)24-22(28)14-15-27(17-20-12-8-5-9-13-20)23-25-21(26-29-23)16-19-10-6-4-7-11-19/h4-13,18H,3,14-17H2,1-2H3,(H,24,28). The van der Waals surface area contributed by atoms with Gasteiger partial charge in [-0.15, -0.1) is 0 Å². The highest BCUT2D eigenvalue weighted by Crippen LogP contribution is 2.21. The molecule has 0 radical (unpaired) electrons. The second-order valence-electron chi connectivity index (χ2n) is 7.19. The predicted molar refractivity (Wildman–Crippen MR) is 119 cm³/mol. The Morgan fingerprint density at radius 3 is 2.38 bits per heavy atom. The van der Waals surface area contributed by atoms with Gasteiger partial charge in [-0.3, -0.25) is 4.79 Å². The Labute approximate surface area is 177 Å². The summed E-state index contributed by atoms with van der Waals surface area (Å²) in [4.78, 5) is 19.2. The number of nitrogens with one attached hydrogen (secondary N) is 1. The van der Waals surface area contributed by atoms with E-state index in [9.17, 15) is 4.79 Å². The van der Waals surface area contributed by atoms with Crippen LogP contribution in [-0.2, 0) is 17.8 Å². The number of amides is 1. The van der Waals surface area contributed by atoms with Crippen LogP contribution in [0.25, 0.3) is 0 Å². The van der Waals surface area contributed by atoms with E-state index in [1.165, 1.54) is 22.7 Å². The Morgan fingerprint density at radius 2 is 1.72 bits per heavy atom. The molecule has 0 aliphatic rings. The second kappa shape index (κ2) is 10.7. The van der Waals surface area contributed by atoms with Gasteiger partial charge in [-0.25, -0.2) is 4.98 Å². The average Bonchev–Trinajstić information content (AvgIpc) is 3.20. The fourth-order valence-electron chi connectivity index (χ4n) is 2.96. The predicted octanol–water partition coefficient (Wildman–Crippen LogP) is 4.44. The Kier molecular flexibility index (Phi) is 7.76. The fourth-order valence-corrected chi connectivity index (χ4v) is 3.67. The molecule has 1 amide bonds. The maximum atomic E-state index is 12.3. The van der Waals surface area contributed by atoms with Crippen LogP contribution < -0.4 is 10.2 Å². The normalized spacial score (nSPS) is 11.8. The largest absolute Gasteiger partial charge is 0.354 e. The molecule has 152 valence electrons. The smallest absolute Gasteiger partial charge is 0.221 e. The number of hydrogen-bond acceptors (Lipinski definition) is 5. The van der Waals surface area contributed by atoms with Gasteiger partial charge in [0.2, 0.25) is 11.0 Å². The lowest BCUT2D eigenvalue weighted by molar-refractivity contribution is -0.121. The molecular formula is C23H28N4OS. The summed E-state index contributed by atoms with van der Waals surface area (Å²) < 4.78 is 4.55. The van der Waals surface area contributed by atoms with Gasteiger partial charge in [-0.05, 0) is 24.5 Å². The molecule has 1 atom stereocenters. The van der Waals surface area contributed by atoms with Crippen molar-refractivity contribution in [1.82, 2.24) is 14.7 Å². The molecule has 0 saturated heterocycles. The van der Waals surface area contributed by atoms with E-state index in [1.54, 1.807) is 0 Å². The molecule has 2 aromatic carbocycles. The van der Waals surface area contributed by atoms with E-state index in [4.69, 9.17) is 4.98 Å². The van der Waals surface area contributed by atoms with Crippen LogP contribution in [0.3, 0.4) is 0 Å². The molecule has 1 heterocycles. The van der Waals surface area contributed by atoms with E-state index in [1.807, 2.05) is 43.3 Å². The highest BCUT2D eigenvalue weighted by molar-refractivity contribution is 7.09. The van der Waals surface area contributed by atoms with Gasteiger partial charge in [0.05, 0.1) is 0 Å². The third-order valence-corrected chi connectivity index (χ3v) is 5.59. The quantitative estimate of drug-likeness (QED) is 0.539. The molecule has 0 aliphatic carbocycles. The zero-order chi connectivity index (χ0) is 20.5. The molecule has 0 spiro atoms. The van der Waals surface area contributed by atoms with E-state index < -0.39 is 0 Å². The number of carbonyl (C=O) groups excluding carboxylic acids is 1. The third-order valence-electron chi connectivity index (χ3n) is 4.78. The fraction of sp³-hybridized carbons (Fsp3) is 0.348. The van der Waals surface area contributed by atoms with Gasteiger partial charge in [-0.1, -0.05) is 67.6 Å². The summed E-state index contributed by atoms with van der Waals surface area (Å²) in [6.45, 7) is 5.41. The summed E-state index contributed by atoms with van der Waals surface area (Å²) in [5.74, 6) is 0.893. The first-order chi connectivity index (χ1) is 14.1. The van der Waals surface area contributed by atoms with Gasteiger partial charge in [-0.2, -0.15) is 4.37 Å². The number of aromatic nitrogens is 2. The van der Waals surface area contributed by atoms with Crippen LogP contribution in [-0.4, -0.2) is 27.9 Å². The molecule has 0 saturated carbocycles. The van der Waals surface area contributed by atoms with E-state index in [2.05, 4.69) is 45.8 Å². The van der Waals surface area contributed by atoms with Gasteiger partial charge in [0.15, 0.2) is 0 Å². The average molecular weight is 409 g/mol. The summed E-state index contributed by atoms with van der Waals surface area (Å²) in [5, 5.41) is 3.90. The molecular weight excluding hydrogens is 380 g/mol. The van der Waals surface area contributed by atoms with Gasteiger partial charge < -0.3 is 10.2 Å². The lowest BCUT2D eigenvalue weighted by Crippen LogP contribution is -2.35. The Balaban J connectivity index is 1.69. The molecule has 1 N–H and O–H groups in total. The van der Waals surface area contributed by atoms with Crippen LogP contribution in [0.2, 0.25) is 0 Å². The van der Waals surface area contributed by atoms with Crippen LogP contribution >= 0.6 is 11.5 Å². The first-order valence-electron chi connectivity index (χ1n) is 10.1. The highest BCUT2D eigenvalue weighted by atomic mass is 32.1. The molecule has 29 heavy (non-hydrogen) atoms. The van der Waals surface area contributed by atoms with Crippen molar-refractivity contribution in [1.29, 1.82) is 0 Å². The Hall–Kier alpha value is -2.73. The maximum absolute atomic E-state index is 12.3. The van der Waals surface area contributed by atoms with Gasteiger partial charge >= 0.3 is 0 Å². The first kappa shape index (κ1) is 21.0. The van der Waals surface area contributed by atoms with E-state index in [-0.39, 0.29) is 11.9 Å². The minimum absolute atomic E-state index is 0.0754. The highest BCUT2D eigenvalue weighted by Gasteiger charge is 2.16. The number of anilines is 1. The van der Waals surface area contributed by atoms with Crippen LogP contribution in [0.1, 0.15) is 43.6 Å². The minimum Gasteiger partial charge on any atom is -0.354 e. The zero-order valence-corrected chi connectivity index (χ0v) is 17.9. The van der Waals surface area contributed by atoms with Crippen molar-refractivity contribution in [3.05, 3.63) is 77.6 Å². The number of rotatable bonds is 10. The molecule has 0 bridgehead atoms. The summed E-state index contributed by atoms with van der Waals surface area (Å²) in [7, 11) is 0. The van der Waals surface area contributed by atoms with E-state index in [0.29, 0.717) is 25.9 Å². The molecule has 0 fully saturated rings. The molecule has 3 aromatic rings.